The molecule has 0 amide bonds. The van der Waals surface area contributed by atoms with Gasteiger partial charge in [-0.15, -0.1) is 0 Å². The van der Waals surface area contributed by atoms with Crippen LogP contribution in [0.4, 0.5) is 0 Å². The Balaban J connectivity index is 1.99. The van der Waals surface area contributed by atoms with Crippen molar-refractivity contribution in [2.45, 2.75) is 83.8 Å². The number of carbonyl (C=O) groups is 1. The molecule has 0 aliphatic heterocycles. The van der Waals surface area contributed by atoms with E-state index >= 15 is 0 Å². The molecule has 0 heterocycles. The van der Waals surface area contributed by atoms with Crippen molar-refractivity contribution >= 4 is 5.97 Å². The van der Waals surface area contributed by atoms with Gasteiger partial charge in [-0.1, -0.05) is 56.5 Å². The lowest BCUT2D eigenvalue weighted by atomic mass is 9.71. The smallest absolute Gasteiger partial charge is 0.306 e. The zero-order chi connectivity index (χ0) is 18.5. The summed E-state index contributed by atoms with van der Waals surface area (Å²) in [7, 11) is 0. The Labute approximate surface area is 152 Å². The van der Waals surface area contributed by atoms with Gasteiger partial charge in [0.25, 0.3) is 0 Å². The van der Waals surface area contributed by atoms with Gasteiger partial charge in [0.05, 0.1) is 5.60 Å². The highest BCUT2D eigenvalue weighted by Crippen LogP contribution is 2.41. The fourth-order valence-electron chi connectivity index (χ4n) is 4.02. The lowest BCUT2D eigenvalue weighted by Crippen LogP contribution is -2.36. The average molecular weight is 347 g/mol. The van der Waals surface area contributed by atoms with E-state index in [1.54, 1.807) is 0 Å². The molecule has 0 bridgehead atoms. The summed E-state index contributed by atoms with van der Waals surface area (Å²) in [6.07, 6.45) is 6.37. The fourth-order valence-corrected chi connectivity index (χ4v) is 4.02. The quantitative estimate of drug-likeness (QED) is 0.761. The van der Waals surface area contributed by atoms with Gasteiger partial charge >= 0.3 is 5.97 Å². The van der Waals surface area contributed by atoms with Crippen LogP contribution < -0.4 is 0 Å². The van der Waals surface area contributed by atoms with E-state index in [1.807, 2.05) is 51.1 Å². The fraction of sp³-hybridized carbons (Fsp3) is 0.682. The molecule has 25 heavy (non-hydrogen) atoms. The summed E-state index contributed by atoms with van der Waals surface area (Å²) in [6.45, 7) is 7.87. The molecule has 1 aliphatic rings. The van der Waals surface area contributed by atoms with Gasteiger partial charge in [0.2, 0.25) is 0 Å². The Morgan fingerprint density at radius 3 is 2.56 bits per heavy atom. The standard InChI is InChI=1S/C22H34O3/c1-17-16-18(13-14-20(23)25-21(2,3)4)10-8-9-15-22(17,24)19-11-6-5-7-12-19/h5-7,11-12,17-18,24H,8-10,13-16H2,1-4H3. The van der Waals surface area contributed by atoms with Crippen LogP contribution in [0.25, 0.3) is 0 Å². The van der Waals surface area contributed by atoms with E-state index in [9.17, 15) is 9.90 Å². The number of aliphatic hydroxyl groups is 1. The van der Waals surface area contributed by atoms with Crippen molar-refractivity contribution in [2.75, 3.05) is 0 Å². The number of benzene rings is 1. The topological polar surface area (TPSA) is 46.5 Å². The van der Waals surface area contributed by atoms with Crippen LogP contribution in [-0.4, -0.2) is 16.7 Å². The summed E-state index contributed by atoms with van der Waals surface area (Å²) in [4.78, 5) is 12.0. The maximum atomic E-state index is 12.0. The Morgan fingerprint density at radius 1 is 1.24 bits per heavy atom. The van der Waals surface area contributed by atoms with E-state index in [-0.39, 0.29) is 11.9 Å². The third-order valence-corrected chi connectivity index (χ3v) is 5.37. The SMILES string of the molecule is CC1CC(CCC(=O)OC(C)(C)C)CCCCC1(O)c1ccccc1. The molecule has 1 saturated carbocycles. The van der Waals surface area contributed by atoms with Crippen LogP contribution in [0, 0.1) is 11.8 Å². The zero-order valence-electron chi connectivity index (χ0n) is 16.3. The van der Waals surface area contributed by atoms with Gasteiger partial charge in [-0.3, -0.25) is 4.79 Å². The number of hydrogen-bond acceptors (Lipinski definition) is 3. The number of rotatable bonds is 4. The molecule has 1 aromatic carbocycles. The number of hydrogen-bond donors (Lipinski definition) is 1. The molecule has 0 aromatic heterocycles. The maximum absolute atomic E-state index is 12.0. The molecule has 0 radical (unpaired) electrons. The normalized spacial score (nSPS) is 28.0. The molecular weight excluding hydrogens is 312 g/mol. The minimum Gasteiger partial charge on any atom is -0.460 e. The van der Waals surface area contributed by atoms with E-state index in [4.69, 9.17) is 4.74 Å². The van der Waals surface area contributed by atoms with Crippen molar-refractivity contribution in [1.82, 2.24) is 0 Å². The summed E-state index contributed by atoms with van der Waals surface area (Å²) in [5.74, 6) is 0.539. The minimum atomic E-state index is -0.758. The van der Waals surface area contributed by atoms with Crippen molar-refractivity contribution in [1.29, 1.82) is 0 Å². The van der Waals surface area contributed by atoms with Gasteiger partial charge in [0, 0.05) is 6.42 Å². The average Bonchev–Trinajstić information content (AvgIpc) is 2.53. The maximum Gasteiger partial charge on any atom is 0.306 e. The first-order chi connectivity index (χ1) is 11.7. The van der Waals surface area contributed by atoms with Crippen LogP contribution in [0.1, 0.15) is 78.2 Å². The zero-order valence-corrected chi connectivity index (χ0v) is 16.3. The van der Waals surface area contributed by atoms with Crippen LogP contribution in [0.5, 0.6) is 0 Å². The summed E-state index contributed by atoms with van der Waals surface area (Å²) in [5, 5.41) is 11.4. The Hall–Kier alpha value is -1.35. The van der Waals surface area contributed by atoms with E-state index in [0.717, 1.165) is 44.1 Å². The van der Waals surface area contributed by atoms with Crippen LogP contribution in [0.3, 0.4) is 0 Å². The molecule has 3 nitrogen and oxygen atoms in total. The second-order valence-electron chi connectivity index (χ2n) is 8.66. The summed E-state index contributed by atoms with van der Waals surface area (Å²) in [5.41, 5.74) is -0.152. The van der Waals surface area contributed by atoms with Crippen molar-refractivity contribution < 1.29 is 14.6 Å². The molecule has 1 aromatic rings. The molecule has 3 atom stereocenters. The van der Waals surface area contributed by atoms with Gasteiger partial charge in [-0.25, -0.2) is 0 Å². The third kappa shape index (κ3) is 5.85. The molecule has 1 aliphatic carbocycles. The Morgan fingerprint density at radius 2 is 1.92 bits per heavy atom. The number of esters is 1. The molecule has 1 N–H and O–H groups in total. The lowest BCUT2D eigenvalue weighted by molar-refractivity contribution is -0.155. The molecule has 0 saturated heterocycles. The largest absolute Gasteiger partial charge is 0.460 e. The van der Waals surface area contributed by atoms with Crippen molar-refractivity contribution in [3.05, 3.63) is 35.9 Å². The van der Waals surface area contributed by atoms with Gasteiger partial charge in [-0.2, -0.15) is 0 Å². The van der Waals surface area contributed by atoms with E-state index in [2.05, 4.69) is 6.92 Å². The molecule has 3 unspecified atom stereocenters. The van der Waals surface area contributed by atoms with Gasteiger partial charge in [0.15, 0.2) is 0 Å². The Bertz CT molecular complexity index is 546. The molecular formula is C22H34O3. The number of ether oxygens (including phenoxy) is 1. The van der Waals surface area contributed by atoms with Crippen molar-refractivity contribution in [3.63, 3.8) is 0 Å². The van der Waals surface area contributed by atoms with Crippen molar-refractivity contribution in [3.8, 4) is 0 Å². The summed E-state index contributed by atoms with van der Waals surface area (Å²) < 4.78 is 5.43. The second-order valence-corrected chi connectivity index (χ2v) is 8.66. The predicted molar refractivity (Wildman–Crippen MR) is 101 cm³/mol. The van der Waals surface area contributed by atoms with Crippen LogP contribution in [-0.2, 0) is 15.1 Å². The summed E-state index contributed by atoms with van der Waals surface area (Å²) in [6, 6.07) is 10.1. The number of carbonyl (C=O) groups excluding carboxylic acids is 1. The molecule has 140 valence electrons. The predicted octanol–water partition coefficient (Wildman–Crippen LogP) is 5.21. The Kier molecular flexibility index (Phi) is 6.67. The monoisotopic (exact) mass is 346 g/mol. The van der Waals surface area contributed by atoms with Crippen LogP contribution in [0.2, 0.25) is 0 Å². The van der Waals surface area contributed by atoms with Gasteiger partial charge in [0.1, 0.15) is 5.60 Å². The summed E-state index contributed by atoms with van der Waals surface area (Å²) >= 11 is 0. The molecule has 3 heteroatoms. The highest BCUT2D eigenvalue weighted by Gasteiger charge is 2.37. The van der Waals surface area contributed by atoms with Crippen LogP contribution >= 0.6 is 0 Å². The first kappa shape index (κ1) is 20.0. The highest BCUT2D eigenvalue weighted by molar-refractivity contribution is 5.69. The molecule has 2 rings (SSSR count). The third-order valence-electron chi connectivity index (χ3n) is 5.37. The van der Waals surface area contributed by atoms with Gasteiger partial charge in [-0.05, 0) is 57.4 Å². The molecule has 1 fully saturated rings. The lowest BCUT2D eigenvalue weighted by Gasteiger charge is -2.39. The van der Waals surface area contributed by atoms with E-state index in [0.29, 0.717) is 12.3 Å². The minimum absolute atomic E-state index is 0.111. The van der Waals surface area contributed by atoms with Crippen molar-refractivity contribution in [2.24, 2.45) is 11.8 Å². The highest BCUT2D eigenvalue weighted by atomic mass is 16.6. The van der Waals surface area contributed by atoms with E-state index in [1.165, 1.54) is 0 Å². The van der Waals surface area contributed by atoms with Crippen LogP contribution in [0.15, 0.2) is 30.3 Å². The second kappa shape index (κ2) is 8.35. The molecule has 0 spiro atoms. The van der Waals surface area contributed by atoms with Gasteiger partial charge < -0.3 is 9.84 Å². The van der Waals surface area contributed by atoms with E-state index < -0.39 is 11.2 Å². The first-order valence-corrected chi connectivity index (χ1v) is 9.70. The first-order valence-electron chi connectivity index (χ1n) is 9.70.